The number of halogens is 1. The molecule has 0 heterocycles. The van der Waals surface area contributed by atoms with E-state index in [1.54, 1.807) is 6.07 Å². The van der Waals surface area contributed by atoms with Crippen LogP contribution in [0.5, 0.6) is 5.75 Å². The maximum Gasteiger partial charge on any atom is 0.269 e. The van der Waals surface area contributed by atoms with Crippen LogP contribution in [0.1, 0.15) is 5.56 Å². The monoisotopic (exact) mass is 290 g/mol. The number of nitrogens with zero attached hydrogens (tertiary/aromatic N) is 1. The molecule has 0 unspecified atom stereocenters. The molecular weight excluding hydrogens is 275 g/mol. The van der Waals surface area contributed by atoms with Gasteiger partial charge in [-0.05, 0) is 36.8 Å². The van der Waals surface area contributed by atoms with E-state index in [-0.39, 0.29) is 11.5 Å². The van der Waals surface area contributed by atoms with E-state index in [0.29, 0.717) is 24.6 Å². The van der Waals surface area contributed by atoms with Crippen molar-refractivity contribution in [2.45, 2.75) is 6.92 Å². The number of benzene rings is 2. The zero-order valence-electron chi connectivity index (χ0n) is 11.5. The Morgan fingerprint density at radius 3 is 2.57 bits per heavy atom. The van der Waals surface area contributed by atoms with Crippen molar-refractivity contribution in [3.05, 3.63) is 64.0 Å². The Balaban J connectivity index is 1.80. The third kappa shape index (κ3) is 4.17. The Labute approximate surface area is 121 Å². The van der Waals surface area contributed by atoms with E-state index in [1.807, 2.05) is 13.0 Å². The summed E-state index contributed by atoms with van der Waals surface area (Å²) in [4.78, 5) is 10.0. The van der Waals surface area contributed by atoms with Crippen molar-refractivity contribution in [1.29, 1.82) is 0 Å². The predicted molar refractivity (Wildman–Crippen MR) is 78.2 cm³/mol. The van der Waals surface area contributed by atoms with Crippen LogP contribution < -0.4 is 10.1 Å². The van der Waals surface area contributed by atoms with Crippen LogP contribution in [0, 0.1) is 22.9 Å². The second kappa shape index (κ2) is 6.69. The minimum absolute atomic E-state index is 0.0159. The fraction of sp³-hybridized carbons (Fsp3) is 0.200. The summed E-state index contributed by atoms with van der Waals surface area (Å²) in [6.07, 6.45) is 0. The van der Waals surface area contributed by atoms with Crippen molar-refractivity contribution in [3.63, 3.8) is 0 Å². The molecule has 5 nitrogen and oxygen atoms in total. The molecule has 0 saturated heterocycles. The molecule has 0 aliphatic rings. The second-order valence-electron chi connectivity index (χ2n) is 4.51. The van der Waals surface area contributed by atoms with Gasteiger partial charge >= 0.3 is 0 Å². The Kier molecular flexibility index (Phi) is 4.71. The summed E-state index contributed by atoms with van der Waals surface area (Å²) in [7, 11) is 0. The first-order valence-corrected chi connectivity index (χ1v) is 6.43. The molecule has 0 aromatic heterocycles. The second-order valence-corrected chi connectivity index (χ2v) is 4.51. The number of hydrogen-bond acceptors (Lipinski definition) is 4. The Morgan fingerprint density at radius 1 is 1.24 bits per heavy atom. The SMILES string of the molecule is Cc1ccc(NCCOc2ccc([N+](=O)[O-])cc2)c(F)c1. The fourth-order valence-electron chi connectivity index (χ4n) is 1.78. The third-order valence-electron chi connectivity index (χ3n) is 2.86. The van der Waals surface area contributed by atoms with Crippen LogP contribution in [0.3, 0.4) is 0 Å². The van der Waals surface area contributed by atoms with Gasteiger partial charge in [-0.25, -0.2) is 4.39 Å². The van der Waals surface area contributed by atoms with Gasteiger partial charge in [-0.2, -0.15) is 0 Å². The van der Waals surface area contributed by atoms with Gasteiger partial charge in [0.15, 0.2) is 0 Å². The molecule has 21 heavy (non-hydrogen) atoms. The first kappa shape index (κ1) is 14.8. The number of rotatable bonds is 6. The van der Waals surface area contributed by atoms with Crippen molar-refractivity contribution in [3.8, 4) is 5.75 Å². The molecule has 6 heteroatoms. The minimum Gasteiger partial charge on any atom is -0.492 e. The topological polar surface area (TPSA) is 64.4 Å². The molecule has 0 spiro atoms. The van der Waals surface area contributed by atoms with E-state index in [9.17, 15) is 14.5 Å². The van der Waals surface area contributed by atoms with E-state index in [2.05, 4.69) is 5.32 Å². The van der Waals surface area contributed by atoms with Gasteiger partial charge in [-0.3, -0.25) is 10.1 Å². The van der Waals surface area contributed by atoms with Gasteiger partial charge in [-0.1, -0.05) is 6.07 Å². The first-order valence-electron chi connectivity index (χ1n) is 6.43. The maximum absolute atomic E-state index is 13.6. The quantitative estimate of drug-likeness (QED) is 0.502. The van der Waals surface area contributed by atoms with E-state index >= 15 is 0 Å². The molecule has 0 aliphatic carbocycles. The minimum atomic E-state index is -0.467. The van der Waals surface area contributed by atoms with Crippen LogP contribution in [-0.4, -0.2) is 18.1 Å². The highest BCUT2D eigenvalue weighted by Crippen LogP contribution is 2.17. The Morgan fingerprint density at radius 2 is 1.95 bits per heavy atom. The Hall–Kier alpha value is -2.63. The van der Waals surface area contributed by atoms with Crippen molar-refractivity contribution in [1.82, 2.24) is 0 Å². The summed E-state index contributed by atoms with van der Waals surface area (Å²) < 4.78 is 19.0. The van der Waals surface area contributed by atoms with Gasteiger partial charge in [0, 0.05) is 18.7 Å². The lowest BCUT2D eigenvalue weighted by Crippen LogP contribution is -2.12. The van der Waals surface area contributed by atoms with Crippen molar-refractivity contribution >= 4 is 11.4 Å². The molecule has 0 saturated carbocycles. The molecule has 2 aromatic rings. The molecule has 0 amide bonds. The van der Waals surface area contributed by atoms with E-state index in [1.165, 1.54) is 30.3 Å². The highest BCUT2D eigenvalue weighted by atomic mass is 19.1. The summed E-state index contributed by atoms with van der Waals surface area (Å²) in [5.41, 5.74) is 1.30. The highest BCUT2D eigenvalue weighted by molar-refractivity contribution is 5.46. The van der Waals surface area contributed by atoms with Crippen LogP contribution in [0.15, 0.2) is 42.5 Å². The van der Waals surface area contributed by atoms with E-state index in [4.69, 9.17) is 4.74 Å². The van der Waals surface area contributed by atoms with Gasteiger partial charge in [0.25, 0.3) is 5.69 Å². The predicted octanol–water partition coefficient (Wildman–Crippen LogP) is 3.53. The smallest absolute Gasteiger partial charge is 0.269 e. The number of anilines is 1. The zero-order chi connectivity index (χ0) is 15.2. The van der Waals surface area contributed by atoms with Gasteiger partial charge in [-0.15, -0.1) is 0 Å². The summed E-state index contributed by atoms with van der Waals surface area (Å²) in [6.45, 7) is 2.58. The molecule has 2 aromatic carbocycles. The number of non-ortho nitro benzene ring substituents is 1. The van der Waals surface area contributed by atoms with Crippen molar-refractivity contribution in [2.24, 2.45) is 0 Å². The van der Waals surface area contributed by atoms with Crippen LogP contribution in [0.2, 0.25) is 0 Å². The Bertz CT molecular complexity index is 629. The standard InChI is InChI=1S/C15H15FN2O3/c1-11-2-7-15(14(16)10-11)17-8-9-21-13-5-3-12(4-6-13)18(19)20/h2-7,10,17H,8-9H2,1H3. The zero-order valence-corrected chi connectivity index (χ0v) is 11.5. The third-order valence-corrected chi connectivity index (χ3v) is 2.86. The molecule has 0 atom stereocenters. The van der Waals surface area contributed by atoms with Crippen molar-refractivity contribution < 1.29 is 14.1 Å². The van der Waals surface area contributed by atoms with Gasteiger partial charge in [0.05, 0.1) is 10.6 Å². The van der Waals surface area contributed by atoms with Gasteiger partial charge in [0.1, 0.15) is 18.2 Å². The first-order chi connectivity index (χ1) is 10.1. The molecule has 0 bridgehead atoms. The maximum atomic E-state index is 13.6. The van der Waals surface area contributed by atoms with E-state index in [0.717, 1.165) is 5.56 Å². The van der Waals surface area contributed by atoms with Crippen LogP contribution >= 0.6 is 0 Å². The summed E-state index contributed by atoms with van der Waals surface area (Å²) in [5, 5.41) is 13.4. The van der Waals surface area contributed by atoms with E-state index < -0.39 is 4.92 Å². The molecule has 0 radical (unpaired) electrons. The molecule has 110 valence electrons. The lowest BCUT2D eigenvalue weighted by Gasteiger charge is -2.09. The molecule has 2 rings (SSSR count). The lowest BCUT2D eigenvalue weighted by molar-refractivity contribution is -0.384. The number of nitro benzene ring substituents is 1. The number of aryl methyl sites for hydroxylation is 1. The van der Waals surface area contributed by atoms with Crippen LogP contribution in [-0.2, 0) is 0 Å². The van der Waals surface area contributed by atoms with Crippen LogP contribution in [0.4, 0.5) is 15.8 Å². The molecule has 0 fully saturated rings. The number of nitro groups is 1. The summed E-state index contributed by atoms with van der Waals surface area (Å²) in [6, 6.07) is 10.8. The molecular formula is C15H15FN2O3. The average molecular weight is 290 g/mol. The fourth-order valence-corrected chi connectivity index (χ4v) is 1.78. The normalized spacial score (nSPS) is 10.2. The van der Waals surface area contributed by atoms with Gasteiger partial charge < -0.3 is 10.1 Å². The largest absolute Gasteiger partial charge is 0.492 e. The summed E-state index contributed by atoms with van der Waals surface area (Å²) in [5.74, 6) is 0.233. The lowest BCUT2D eigenvalue weighted by atomic mass is 10.2. The average Bonchev–Trinajstić information content (AvgIpc) is 2.46. The highest BCUT2D eigenvalue weighted by Gasteiger charge is 2.04. The molecule has 1 N–H and O–H groups in total. The number of nitrogens with one attached hydrogen (secondary N) is 1. The molecule has 0 aliphatic heterocycles. The van der Waals surface area contributed by atoms with Crippen molar-refractivity contribution in [2.75, 3.05) is 18.5 Å². The summed E-state index contributed by atoms with van der Waals surface area (Å²) >= 11 is 0. The van der Waals surface area contributed by atoms with Crippen LogP contribution in [0.25, 0.3) is 0 Å². The number of ether oxygens (including phenoxy) is 1. The van der Waals surface area contributed by atoms with Gasteiger partial charge in [0.2, 0.25) is 0 Å². The number of hydrogen-bond donors (Lipinski definition) is 1.